The second-order valence-corrected chi connectivity index (χ2v) is 25.2. The minimum Gasteiger partial charge on any atom is -0.371 e. The largest absolute Gasteiger partial charge is 0.433 e. The fourth-order valence-electron chi connectivity index (χ4n) is 10.3. The second kappa shape index (κ2) is 30.1. The summed E-state index contributed by atoms with van der Waals surface area (Å²) in [6, 6.07) is 3.30. The molecular formula is C59H84F9N17O14. The van der Waals surface area contributed by atoms with Crippen LogP contribution in [0.15, 0.2) is 51.6 Å². The lowest BCUT2D eigenvalue weighted by Gasteiger charge is -2.21. The molecule has 10 heterocycles. The number of aliphatic hydroxyl groups is 4. The third-order valence-corrected chi connectivity index (χ3v) is 16.4. The number of rotatable bonds is 11. The maximum Gasteiger partial charge on any atom is 0.433 e. The lowest BCUT2D eigenvalue weighted by Crippen LogP contribution is -2.38. The summed E-state index contributed by atoms with van der Waals surface area (Å²) in [5.74, 6) is 1.41. The fourth-order valence-corrected chi connectivity index (χ4v) is 10.3. The molecule has 5 unspecified atom stereocenters. The van der Waals surface area contributed by atoms with E-state index in [4.69, 9.17) is 23.3 Å². The predicted octanol–water partition coefficient (Wildman–Crippen LogP) is 7.81. The minimum absolute atomic E-state index is 0.0310. The third-order valence-electron chi connectivity index (χ3n) is 16.4. The highest BCUT2D eigenvalue weighted by molar-refractivity contribution is 5.96. The van der Waals surface area contributed by atoms with Crippen molar-refractivity contribution in [3.05, 3.63) is 71.1 Å². The number of aryl methyl sites for hydroxylation is 2. The van der Waals surface area contributed by atoms with E-state index >= 15 is 0 Å². The number of urea groups is 5. The summed E-state index contributed by atoms with van der Waals surface area (Å²) < 4.78 is 142. The van der Waals surface area contributed by atoms with E-state index in [1.54, 1.807) is 54.0 Å². The zero-order valence-corrected chi connectivity index (χ0v) is 57.8. The standard InChI is InChI=1S/2C13H21N3O4.C12H14F3N3O3.C11H15F3N4O.C10H13F3N4O2/c2*1-6-19-11-10(17)16(12(18)15(11)5)9-7-8(20-14-9)13(2,3)4;1-3-21-10-9(19)18(11(20)17(10)2)8-6-7(4-5-16-8)12(13,14)15;1-6-7(2)18(10(19)16(6)3)9-5-8(11(12,13)14)17(4)15-9;1-5-8(18)17(9(19)15(5)2)7-4-6(10(11,12)13)16(3)14-7/h2*7,10-11,17H,6H2,1-5H3;4-6,9-10,19H,3H2,1-2H3;5-7H,1-4H3;4-5,8,18H,1-3H3/t2*10?,11-;9?,10-;6-,7?;5-,8?/m10001/s1. The summed E-state index contributed by atoms with van der Waals surface area (Å²) in [6.45, 7) is 23.4. The number of carbonyl (C=O) groups is 5. The molecule has 5 aliphatic heterocycles. The van der Waals surface area contributed by atoms with Crippen molar-refractivity contribution < 1.29 is 107 Å². The quantitative estimate of drug-likeness (QED) is 0.0916. The van der Waals surface area contributed by atoms with Crippen LogP contribution in [-0.4, -0.2) is 227 Å². The Bertz CT molecular complexity index is 3450. The van der Waals surface area contributed by atoms with E-state index in [-0.39, 0.29) is 65.1 Å². The first-order chi connectivity index (χ1) is 45.6. The van der Waals surface area contributed by atoms with Gasteiger partial charge in [-0.25, -0.2) is 48.6 Å². The van der Waals surface area contributed by atoms with Crippen LogP contribution in [-0.2, 0) is 57.7 Å². The summed E-state index contributed by atoms with van der Waals surface area (Å²) in [6.07, 6.45) is -19.9. The molecule has 4 N–H and O–H groups in total. The fraction of sp³-hybridized carbons (Fsp3) is 0.627. The van der Waals surface area contributed by atoms with Gasteiger partial charge in [-0.15, -0.1) is 0 Å². The van der Waals surface area contributed by atoms with Crippen molar-refractivity contribution in [3.8, 4) is 0 Å². The van der Waals surface area contributed by atoms with Gasteiger partial charge in [0, 0.05) is 110 Å². The number of ether oxygens (including phenoxy) is 3. The van der Waals surface area contributed by atoms with E-state index in [1.807, 2.05) is 62.3 Å². The van der Waals surface area contributed by atoms with Crippen molar-refractivity contribution in [2.45, 2.75) is 174 Å². The monoisotopic (exact) mass is 1430 g/mol. The van der Waals surface area contributed by atoms with E-state index < -0.39 is 97.2 Å². The Morgan fingerprint density at radius 1 is 0.424 bits per heavy atom. The van der Waals surface area contributed by atoms with Crippen molar-refractivity contribution in [1.82, 2.24) is 59.4 Å². The van der Waals surface area contributed by atoms with Crippen molar-refractivity contribution in [2.75, 3.05) is 79.6 Å². The van der Waals surface area contributed by atoms with Gasteiger partial charge < -0.3 is 53.5 Å². The molecule has 10 atom stereocenters. The van der Waals surface area contributed by atoms with E-state index in [2.05, 4.69) is 25.5 Å². The van der Waals surface area contributed by atoms with Gasteiger partial charge in [0.2, 0.25) is 0 Å². The number of likely N-dealkylation sites (N-methyl/N-ethyl adjacent to an activating group) is 5. The Kier molecular flexibility index (Phi) is 24.1. The first-order valence-electron chi connectivity index (χ1n) is 30.7. The van der Waals surface area contributed by atoms with Gasteiger partial charge in [-0.2, -0.15) is 49.7 Å². The summed E-state index contributed by atoms with van der Waals surface area (Å²) in [5, 5.41) is 55.7. The number of amides is 10. The lowest BCUT2D eigenvalue weighted by molar-refractivity contribution is -0.144. The first-order valence-corrected chi connectivity index (χ1v) is 30.7. The number of carbonyl (C=O) groups excluding carboxylic acids is 5. The SMILES string of the molecule is CC1[C@H](C)N(C)C(=O)N1c1cc(C(F)(F)F)n(C)n1.CCO[C@@H]1C(O)N(c2cc(C(C)(C)C)on2)C(=O)N1C.CCO[C@H]1C(O)N(c2cc(C(C)(C)C)on2)C(=O)N1C.CCO[C@H]1C(O)N(c2cc(C(F)(F)F)ccn2)C(=O)N1C.C[C@@H]1C(O)N(c2cc(C(F)(F)F)n(C)n2)C(=O)N1C. The van der Waals surface area contributed by atoms with Gasteiger partial charge in [-0.1, -0.05) is 51.9 Å². The predicted molar refractivity (Wildman–Crippen MR) is 333 cm³/mol. The molecule has 10 rings (SSSR count). The van der Waals surface area contributed by atoms with Gasteiger partial charge in [-0.3, -0.25) is 29.0 Å². The van der Waals surface area contributed by atoms with E-state index in [9.17, 15) is 83.9 Å². The van der Waals surface area contributed by atoms with Gasteiger partial charge in [0.1, 0.15) is 28.7 Å². The van der Waals surface area contributed by atoms with Crippen LogP contribution in [0.2, 0.25) is 0 Å². The number of alkyl halides is 9. The normalized spacial score (nSPS) is 23.9. The molecule has 10 amide bonds. The van der Waals surface area contributed by atoms with Gasteiger partial charge >= 0.3 is 48.7 Å². The third kappa shape index (κ3) is 16.7. The number of hydrogen-bond donors (Lipinski definition) is 4. The topological polar surface area (TPSA) is 327 Å². The zero-order chi connectivity index (χ0) is 75.0. The highest BCUT2D eigenvalue weighted by atomic mass is 19.4. The molecule has 99 heavy (non-hydrogen) atoms. The Morgan fingerprint density at radius 3 is 1.03 bits per heavy atom. The van der Waals surface area contributed by atoms with Crippen LogP contribution in [0.4, 0.5) is 92.6 Å². The summed E-state index contributed by atoms with van der Waals surface area (Å²) in [7, 11) is 9.98. The second-order valence-electron chi connectivity index (χ2n) is 25.2. The van der Waals surface area contributed by atoms with Crippen LogP contribution in [0.1, 0.15) is 112 Å². The van der Waals surface area contributed by atoms with Gasteiger partial charge in [0.15, 0.2) is 66.9 Å². The molecule has 5 aromatic rings. The van der Waals surface area contributed by atoms with Crippen LogP contribution < -0.4 is 24.5 Å². The molecule has 0 aliphatic carbocycles. The van der Waals surface area contributed by atoms with Crippen LogP contribution >= 0.6 is 0 Å². The molecule has 5 aromatic heterocycles. The van der Waals surface area contributed by atoms with Gasteiger partial charge in [-0.05, 0) is 53.7 Å². The van der Waals surface area contributed by atoms with Crippen LogP contribution in [0.3, 0.4) is 0 Å². The van der Waals surface area contributed by atoms with E-state index in [0.29, 0.717) is 47.1 Å². The van der Waals surface area contributed by atoms with Gasteiger partial charge in [0.05, 0.1) is 23.7 Å². The van der Waals surface area contributed by atoms with Gasteiger partial charge in [0.25, 0.3) is 0 Å². The number of pyridine rings is 1. The summed E-state index contributed by atoms with van der Waals surface area (Å²) in [5.41, 5.74) is -3.24. The van der Waals surface area contributed by atoms with Crippen molar-refractivity contribution >= 4 is 59.2 Å². The number of halogens is 9. The molecule has 552 valence electrons. The lowest BCUT2D eigenvalue weighted by atomic mass is 9.93. The van der Waals surface area contributed by atoms with Crippen LogP contribution in [0.5, 0.6) is 0 Å². The maximum absolute atomic E-state index is 12.7. The highest BCUT2D eigenvalue weighted by Gasteiger charge is 2.50. The van der Waals surface area contributed by atoms with Crippen molar-refractivity contribution in [1.29, 1.82) is 0 Å². The number of hydrogen-bond acceptors (Lipinski definition) is 19. The maximum atomic E-state index is 12.7. The molecule has 5 aliphatic rings. The number of anilines is 5. The Balaban J connectivity index is 0.000000195. The Labute approximate surface area is 563 Å². The van der Waals surface area contributed by atoms with Crippen molar-refractivity contribution in [3.63, 3.8) is 0 Å². The summed E-state index contributed by atoms with van der Waals surface area (Å²) in [4.78, 5) is 75.8. The molecule has 0 aromatic carbocycles. The number of aromatic nitrogens is 7. The average Bonchev–Trinajstić information content (AvgIpc) is 1.65. The molecule has 0 radical (unpaired) electrons. The number of nitrogens with zero attached hydrogens (tertiary/aromatic N) is 17. The van der Waals surface area contributed by atoms with Crippen LogP contribution in [0.25, 0.3) is 0 Å². The summed E-state index contributed by atoms with van der Waals surface area (Å²) >= 11 is 0. The molecule has 0 saturated carbocycles. The molecule has 31 nitrogen and oxygen atoms in total. The average molecular weight is 1430 g/mol. The molecular weight excluding hydrogens is 1340 g/mol. The number of aliphatic hydroxyl groups excluding tert-OH is 4. The minimum atomic E-state index is -4.56. The molecule has 0 spiro atoms. The molecule has 0 bridgehead atoms. The van der Waals surface area contributed by atoms with E-state index in [1.165, 1.54) is 55.4 Å². The zero-order valence-electron chi connectivity index (χ0n) is 57.8. The molecule has 5 saturated heterocycles. The smallest absolute Gasteiger partial charge is 0.371 e. The highest BCUT2D eigenvalue weighted by Crippen LogP contribution is 2.39. The first kappa shape index (κ1) is 79.4. The van der Waals surface area contributed by atoms with Crippen LogP contribution in [0, 0.1) is 0 Å². The Hall–Kier alpha value is -8.57. The molecule has 5 fully saturated rings. The van der Waals surface area contributed by atoms with E-state index in [0.717, 1.165) is 50.8 Å². The van der Waals surface area contributed by atoms with Crippen molar-refractivity contribution in [2.24, 2.45) is 14.1 Å². The Morgan fingerprint density at radius 2 is 0.747 bits per heavy atom. The molecule has 40 heteroatoms.